The van der Waals surface area contributed by atoms with Gasteiger partial charge in [0.05, 0.1) is 0 Å². The Hall–Kier alpha value is -0.0400. The Morgan fingerprint density at radius 3 is 2.31 bits per heavy atom. The predicted molar refractivity (Wildman–Crippen MR) is 72.7 cm³/mol. The van der Waals surface area contributed by atoms with E-state index < -0.39 is 0 Å². The van der Waals surface area contributed by atoms with Gasteiger partial charge in [0.1, 0.15) is 0 Å². The smallest absolute Gasteiger partial charge is 0.000497 e. The van der Waals surface area contributed by atoms with Crippen LogP contribution in [0, 0.1) is 17.3 Å². The second kappa shape index (κ2) is 6.64. The molecule has 0 atom stereocenters. The monoisotopic (exact) mass is 225 g/mol. The van der Waals surface area contributed by atoms with Crippen LogP contribution in [0.15, 0.2) is 0 Å². The molecule has 1 heteroatoms. The second-order valence-corrected chi connectivity index (χ2v) is 6.61. The van der Waals surface area contributed by atoms with Crippen LogP contribution in [0.5, 0.6) is 0 Å². The van der Waals surface area contributed by atoms with Crippen molar-refractivity contribution in [1.29, 1.82) is 0 Å². The van der Waals surface area contributed by atoms with E-state index >= 15 is 0 Å². The highest BCUT2D eigenvalue weighted by atomic mass is 14.9. The molecule has 0 aliphatic heterocycles. The van der Waals surface area contributed by atoms with Gasteiger partial charge in [-0.1, -0.05) is 59.8 Å². The molecule has 0 heterocycles. The van der Waals surface area contributed by atoms with Crippen molar-refractivity contribution in [2.75, 3.05) is 13.1 Å². The molecule has 0 amide bonds. The lowest BCUT2D eigenvalue weighted by Crippen LogP contribution is -2.34. The standard InChI is InChI=1S/C15H31N/c1-13(2)15(3,4)12-16-11-10-14-8-6-5-7-9-14/h13-14,16H,5-12H2,1-4H3. The lowest BCUT2D eigenvalue weighted by molar-refractivity contribution is 0.233. The fraction of sp³-hybridized carbons (Fsp3) is 1.00. The maximum Gasteiger partial charge on any atom is 0.000497 e. The van der Waals surface area contributed by atoms with Crippen LogP contribution >= 0.6 is 0 Å². The minimum absolute atomic E-state index is 0.437. The van der Waals surface area contributed by atoms with Crippen molar-refractivity contribution in [2.45, 2.75) is 66.2 Å². The summed E-state index contributed by atoms with van der Waals surface area (Å²) in [5.74, 6) is 1.78. The molecule has 1 N–H and O–H groups in total. The summed E-state index contributed by atoms with van der Waals surface area (Å²) in [6.07, 6.45) is 8.79. The fourth-order valence-electron chi connectivity index (χ4n) is 2.40. The van der Waals surface area contributed by atoms with Gasteiger partial charge in [0.25, 0.3) is 0 Å². The molecule has 1 aliphatic rings. The summed E-state index contributed by atoms with van der Waals surface area (Å²) in [6.45, 7) is 11.8. The van der Waals surface area contributed by atoms with Crippen LogP contribution in [0.3, 0.4) is 0 Å². The second-order valence-electron chi connectivity index (χ2n) is 6.61. The molecule has 0 radical (unpaired) electrons. The van der Waals surface area contributed by atoms with Crippen LogP contribution in [-0.2, 0) is 0 Å². The van der Waals surface area contributed by atoms with E-state index in [-0.39, 0.29) is 0 Å². The summed E-state index contributed by atoms with van der Waals surface area (Å²) in [7, 11) is 0. The third-order valence-corrected chi connectivity index (χ3v) is 4.60. The molecule has 1 fully saturated rings. The van der Waals surface area contributed by atoms with Crippen molar-refractivity contribution >= 4 is 0 Å². The van der Waals surface area contributed by atoms with Gasteiger partial charge in [-0.25, -0.2) is 0 Å². The van der Waals surface area contributed by atoms with Crippen LogP contribution < -0.4 is 5.32 Å². The molecular formula is C15H31N. The maximum absolute atomic E-state index is 3.65. The number of hydrogen-bond acceptors (Lipinski definition) is 1. The van der Waals surface area contributed by atoms with E-state index in [2.05, 4.69) is 33.0 Å². The molecule has 0 aromatic carbocycles. The average Bonchev–Trinajstić information content (AvgIpc) is 2.26. The molecule has 1 nitrogen and oxygen atoms in total. The van der Waals surface area contributed by atoms with Crippen LogP contribution in [0.2, 0.25) is 0 Å². The first-order valence-electron chi connectivity index (χ1n) is 7.23. The zero-order valence-electron chi connectivity index (χ0n) is 11.8. The van der Waals surface area contributed by atoms with Crippen LogP contribution in [0.25, 0.3) is 0 Å². The van der Waals surface area contributed by atoms with Gasteiger partial charge in [-0.3, -0.25) is 0 Å². The molecule has 1 aliphatic carbocycles. The van der Waals surface area contributed by atoms with E-state index in [0.29, 0.717) is 5.41 Å². The van der Waals surface area contributed by atoms with Crippen LogP contribution in [0.1, 0.15) is 66.2 Å². The average molecular weight is 225 g/mol. The summed E-state index contributed by atoms with van der Waals surface area (Å²) in [5, 5.41) is 3.65. The van der Waals surface area contributed by atoms with E-state index in [0.717, 1.165) is 18.4 Å². The largest absolute Gasteiger partial charge is 0.316 e. The Morgan fingerprint density at radius 1 is 1.12 bits per heavy atom. The minimum atomic E-state index is 0.437. The zero-order chi connectivity index (χ0) is 12.0. The van der Waals surface area contributed by atoms with Gasteiger partial charge in [-0.15, -0.1) is 0 Å². The van der Waals surface area contributed by atoms with Gasteiger partial charge in [-0.05, 0) is 30.2 Å². The van der Waals surface area contributed by atoms with Gasteiger partial charge in [0.2, 0.25) is 0 Å². The molecule has 0 saturated heterocycles. The zero-order valence-corrected chi connectivity index (χ0v) is 11.8. The van der Waals surface area contributed by atoms with E-state index in [4.69, 9.17) is 0 Å². The first-order valence-corrected chi connectivity index (χ1v) is 7.23. The van der Waals surface area contributed by atoms with Crippen molar-refractivity contribution in [3.63, 3.8) is 0 Å². The lowest BCUT2D eigenvalue weighted by Gasteiger charge is -2.30. The molecule has 16 heavy (non-hydrogen) atoms. The first-order chi connectivity index (χ1) is 7.52. The highest BCUT2D eigenvalue weighted by Gasteiger charge is 2.21. The number of hydrogen-bond donors (Lipinski definition) is 1. The third-order valence-electron chi connectivity index (χ3n) is 4.60. The Labute approximate surface area is 102 Å². The Morgan fingerprint density at radius 2 is 1.75 bits per heavy atom. The molecule has 96 valence electrons. The minimum Gasteiger partial charge on any atom is -0.316 e. The molecule has 0 aromatic heterocycles. The topological polar surface area (TPSA) is 12.0 Å². The summed E-state index contributed by atoms with van der Waals surface area (Å²) >= 11 is 0. The summed E-state index contributed by atoms with van der Waals surface area (Å²) < 4.78 is 0. The van der Waals surface area contributed by atoms with Gasteiger partial charge < -0.3 is 5.32 Å². The molecule has 0 aromatic rings. The molecule has 0 bridgehead atoms. The fourth-order valence-corrected chi connectivity index (χ4v) is 2.40. The van der Waals surface area contributed by atoms with E-state index in [1.165, 1.54) is 45.1 Å². The highest BCUT2D eigenvalue weighted by molar-refractivity contribution is 4.75. The quantitative estimate of drug-likeness (QED) is 0.667. The van der Waals surface area contributed by atoms with E-state index in [9.17, 15) is 0 Å². The van der Waals surface area contributed by atoms with Crippen LogP contribution in [0.4, 0.5) is 0 Å². The first kappa shape index (κ1) is 14.0. The van der Waals surface area contributed by atoms with Gasteiger partial charge >= 0.3 is 0 Å². The summed E-state index contributed by atoms with van der Waals surface area (Å²) in [4.78, 5) is 0. The summed E-state index contributed by atoms with van der Waals surface area (Å²) in [6, 6.07) is 0. The molecular weight excluding hydrogens is 194 g/mol. The molecule has 1 rings (SSSR count). The van der Waals surface area contributed by atoms with Gasteiger partial charge in [0.15, 0.2) is 0 Å². The maximum atomic E-state index is 3.65. The van der Waals surface area contributed by atoms with E-state index in [1.807, 2.05) is 0 Å². The van der Waals surface area contributed by atoms with Crippen molar-refractivity contribution in [2.24, 2.45) is 17.3 Å². The van der Waals surface area contributed by atoms with Crippen molar-refractivity contribution in [3.05, 3.63) is 0 Å². The molecule has 1 saturated carbocycles. The highest BCUT2D eigenvalue weighted by Crippen LogP contribution is 2.27. The third kappa shape index (κ3) is 4.86. The predicted octanol–water partition coefficient (Wildman–Crippen LogP) is 4.23. The lowest BCUT2D eigenvalue weighted by atomic mass is 9.81. The number of nitrogens with one attached hydrogen (secondary N) is 1. The Bertz CT molecular complexity index is 178. The SMILES string of the molecule is CC(C)C(C)(C)CNCCC1CCCCC1. The number of rotatable bonds is 6. The molecule has 0 spiro atoms. The van der Waals surface area contributed by atoms with Crippen molar-refractivity contribution in [3.8, 4) is 0 Å². The van der Waals surface area contributed by atoms with E-state index in [1.54, 1.807) is 0 Å². The van der Waals surface area contributed by atoms with Crippen molar-refractivity contribution < 1.29 is 0 Å². The molecule has 0 unspecified atom stereocenters. The van der Waals surface area contributed by atoms with Gasteiger partial charge in [-0.2, -0.15) is 0 Å². The Balaban J connectivity index is 2.06. The summed E-state index contributed by atoms with van der Waals surface area (Å²) in [5.41, 5.74) is 0.437. The Kier molecular flexibility index (Phi) is 5.82. The van der Waals surface area contributed by atoms with Gasteiger partial charge in [0, 0.05) is 6.54 Å². The van der Waals surface area contributed by atoms with Crippen LogP contribution in [-0.4, -0.2) is 13.1 Å². The normalized spacial score (nSPS) is 19.3. The van der Waals surface area contributed by atoms with Crippen molar-refractivity contribution in [1.82, 2.24) is 5.32 Å².